The van der Waals surface area contributed by atoms with Crippen LogP contribution in [-0.4, -0.2) is 84.6 Å². The molecule has 206 valence electrons. The van der Waals surface area contributed by atoms with Gasteiger partial charge in [-0.2, -0.15) is 0 Å². The first-order valence-electron chi connectivity index (χ1n) is 11.6. The molecule has 1 aromatic carbocycles. The van der Waals surface area contributed by atoms with Crippen LogP contribution in [-0.2, 0) is 20.3 Å². The third-order valence-corrected chi connectivity index (χ3v) is 10.7. The largest absolute Gasteiger partial charge is 0.369 e. The number of nitrogens with two attached hydrogens (primary N) is 1. The van der Waals surface area contributed by atoms with Crippen molar-refractivity contribution in [2.45, 2.75) is 43.2 Å². The van der Waals surface area contributed by atoms with E-state index in [-0.39, 0.29) is 18.2 Å². The van der Waals surface area contributed by atoms with Crippen molar-refractivity contribution in [1.29, 1.82) is 0 Å². The SMILES string of the molecule is N[C@@H](Cc1ccc(N(CCCl)CCCl)cc1)C(=O)N1CCC(CCC(O)(P(=O)(O)O)P(=O)(O)O)CC1. The molecule has 11 nitrogen and oxygen atoms in total. The van der Waals surface area contributed by atoms with Crippen LogP contribution in [0, 0.1) is 5.92 Å². The fraction of sp³-hybridized carbons (Fsp3) is 0.667. The molecule has 1 saturated heterocycles. The minimum Gasteiger partial charge on any atom is -0.369 e. The van der Waals surface area contributed by atoms with E-state index < -0.39 is 32.7 Å². The van der Waals surface area contributed by atoms with Gasteiger partial charge >= 0.3 is 15.2 Å². The Kier molecular flexibility index (Phi) is 11.7. The number of aliphatic hydroxyl groups is 1. The van der Waals surface area contributed by atoms with Gasteiger partial charge in [0.05, 0.1) is 6.04 Å². The van der Waals surface area contributed by atoms with Crippen molar-refractivity contribution in [3.05, 3.63) is 29.8 Å². The van der Waals surface area contributed by atoms with Crippen molar-refractivity contribution in [1.82, 2.24) is 4.90 Å². The van der Waals surface area contributed by atoms with E-state index in [9.17, 15) is 38.6 Å². The first-order valence-corrected chi connectivity index (χ1v) is 15.9. The van der Waals surface area contributed by atoms with Crippen LogP contribution in [0.2, 0.25) is 0 Å². The summed E-state index contributed by atoms with van der Waals surface area (Å²) in [7, 11) is -10.9. The highest BCUT2D eigenvalue weighted by atomic mass is 35.5. The van der Waals surface area contributed by atoms with Gasteiger partial charge in [-0.3, -0.25) is 13.9 Å². The molecule has 1 heterocycles. The fourth-order valence-electron chi connectivity index (χ4n) is 4.29. The van der Waals surface area contributed by atoms with E-state index in [1.807, 2.05) is 24.3 Å². The standard InChI is InChI=1S/C21H35Cl2N3O8P2/c22-9-13-25(14-10-23)18-3-1-17(2-4-18)15-19(24)20(27)26-11-6-16(7-12-26)5-8-21(28,35(29,30)31)36(32,33)34/h1-4,16,19,28H,5-15,24H2,(H2,29,30,31)(H2,32,33,34)/t19-/m0/s1. The number of carbonyl (C=O) groups excluding carboxylic acids is 1. The number of likely N-dealkylation sites (tertiary alicyclic amines) is 1. The summed E-state index contributed by atoms with van der Waals surface area (Å²) < 4.78 is 23.0. The molecule has 0 radical (unpaired) electrons. The normalized spacial score (nSPS) is 16.7. The number of rotatable bonds is 13. The molecule has 1 aliphatic heterocycles. The van der Waals surface area contributed by atoms with E-state index in [0.717, 1.165) is 11.3 Å². The Morgan fingerprint density at radius 3 is 2.00 bits per heavy atom. The molecule has 0 saturated carbocycles. The van der Waals surface area contributed by atoms with Crippen LogP contribution in [0.5, 0.6) is 0 Å². The number of benzene rings is 1. The minimum absolute atomic E-state index is 0.00237. The molecular weight excluding hydrogens is 555 g/mol. The van der Waals surface area contributed by atoms with E-state index >= 15 is 0 Å². The second-order valence-electron chi connectivity index (χ2n) is 9.01. The molecule has 1 amide bonds. The Morgan fingerprint density at radius 2 is 1.56 bits per heavy atom. The van der Waals surface area contributed by atoms with Crippen molar-refractivity contribution in [2.75, 3.05) is 42.8 Å². The maximum atomic E-state index is 12.9. The summed E-state index contributed by atoms with van der Waals surface area (Å²) in [6, 6.07) is 6.95. The lowest BCUT2D eigenvalue weighted by Gasteiger charge is -2.35. The Balaban J connectivity index is 1.88. The van der Waals surface area contributed by atoms with Gasteiger partial charge in [-0.25, -0.2) is 0 Å². The van der Waals surface area contributed by atoms with Crippen molar-refractivity contribution >= 4 is 50.0 Å². The van der Waals surface area contributed by atoms with Gasteiger partial charge in [-0.15, -0.1) is 23.2 Å². The summed E-state index contributed by atoms with van der Waals surface area (Å²) >= 11 is 11.7. The number of hydrogen-bond donors (Lipinski definition) is 6. The van der Waals surface area contributed by atoms with Gasteiger partial charge < -0.3 is 40.2 Å². The van der Waals surface area contributed by atoms with Gasteiger partial charge in [0.25, 0.3) is 5.08 Å². The zero-order valence-corrected chi connectivity index (χ0v) is 23.1. The van der Waals surface area contributed by atoms with Crippen molar-refractivity contribution in [3.8, 4) is 0 Å². The Bertz CT molecular complexity index is 923. The van der Waals surface area contributed by atoms with E-state index in [0.29, 0.717) is 57.2 Å². The first-order chi connectivity index (χ1) is 16.7. The van der Waals surface area contributed by atoms with Crippen molar-refractivity contribution in [3.63, 3.8) is 0 Å². The number of amides is 1. The molecule has 7 N–H and O–H groups in total. The Hall–Kier alpha value is -0.710. The molecule has 0 unspecified atom stereocenters. The summed E-state index contributed by atoms with van der Waals surface area (Å²) in [6.45, 7) is 2.04. The first kappa shape index (κ1) is 31.5. The van der Waals surface area contributed by atoms with Gasteiger partial charge in [0.2, 0.25) is 5.91 Å². The summed E-state index contributed by atoms with van der Waals surface area (Å²) in [5, 5.41) is 6.64. The van der Waals surface area contributed by atoms with Crippen LogP contribution in [0.25, 0.3) is 0 Å². The quantitative estimate of drug-likeness (QED) is 0.146. The van der Waals surface area contributed by atoms with Crippen molar-refractivity contribution in [2.24, 2.45) is 11.7 Å². The van der Waals surface area contributed by atoms with E-state index in [4.69, 9.17) is 28.9 Å². The molecule has 1 fully saturated rings. The van der Waals surface area contributed by atoms with Gasteiger partial charge in [0, 0.05) is 50.0 Å². The summed E-state index contributed by atoms with van der Waals surface area (Å²) in [6.07, 6.45) is 0.521. The number of halogens is 2. The highest BCUT2D eigenvalue weighted by molar-refractivity contribution is 7.72. The second kappa shape index (κ2) is 13.4. The van der Waals surface area contributed by atoms with Gasteiger partial charge in [-0.05, 0) is 49.3 Å². The average molecular weight is 590 g/mol. The smallest absolute Gasteiger partial charge is 0.369 e. The zero-order chi connectivity index (χ0) is 27.1. The van der Waals surface area contributed by atoms with Crippen LogP contribution >= 0.6 is 38.4 Å². The number of hydrogen-bond acceptors (Lipinski definition) is 6. The molecule has 1 aromatic rings. The molecule has 1 aliphatic rings. The fourth-order valence-corrected chi connectivity index (χ4v) is 6.90. The topological polar surface area (TPSA) is 185 Å². The summed E-state index contributed by atoms with van der Waals surface area (Å²) in [4.78, 5) is 53.7. The third-order valence-electron chi connectivity index (χ3n) is 6.53. The third kappa shape index (κ3) is 8.14. The van der Waals surface area contributed by atoms with Gasteiger partial charge in [0.1, 0.15) is 0 Å². The molecule has 0 spiro atoms. The molecule has 15 heteroatoms. The van der Waals surface area contributed by atoms with Crippen LogP contribution in [0.4, 0.5) is 5.69 Å². The predicted molar refractivity (Wildman–Crippen MR) is 139 cm³/mol. The van der Waals surface area contributed by atoms with E-state index in [1.165, 1.54) is 0 Å². The lowest BCUT2D eigenvalue weighted by molar-refractivity contribution is -0.134. The number of nitrogens with zero attached hydrogens (tertiary/aromatic N) is 2. The lowest BCUT2D eigenvalue weighted by Crippen LogP contribution is -2.48. The van der Waals surface area contributed by atoms with Crippen molar-refractivity contribution < 1.29 is 38.6 Å². The molecule has 0 bridgehead atoms. The Labute approximate surface area is 220 Å². The van der Waals surface area contributed by atoms with Gasteiger partial charge in [-0.1, -0.05) is 12.1 Å². The van der Waals surface area contributed by atoms with E-state index in [1.54, 1.807) is 4.90 Å². The number of carbonyl (C=O) groups is 1. The number of piperidine rings is 1. The minimum atomic E-state index is -5.47. The molecule has 2 rings (SSSR count). The number of alkyl halides is 2. The molecule has 0 aromatic heterocycles. The highest BCUT2D eigenvalue weighted by Crippen LogP contribution is 2.69. The monoisotopic (exact) mass is 589 g/mol. The maximum Gasteiger partial charge on any atom is 0.369 e. The highest BCUT2D eigenvalue weighted by Gasteiger charge is 2.58. The zero-order valence-electron chi connectivity index (χ0n) is 19.8. The molecule has 1 atom stereocenters. The summed E-state index contributed by atoms with van der Waals surface area (Å²) in [5.41, 5.74) is 8.06. The van der Waals surface area contributed by atoms with Crippen LogP contribution in [0.3, 0.4) is 0 Å². The Morgan fingerprint density at radius 1 is 1.06 bits per heavy atom. The van der Waals surface area contributed by atoms with Crippen LogP contribution < -0.4 is 10.6 Å². The molecule has 0 aliphatic carbocycles. The summed E-state index contributed by atoms with van der Waals surface area (Å²) in [5.74, 6) is 0.572. The number of anilines is 1. The average Bonchev–Trinajstić information content (AvgIpc) is 2.81. The second-order valence-corrected chi connectivity index (χ2v) is 13.8. The van der Waals surface area contributed by atoms with E-state index in [2.05, 4.69) is 4.90 Å². The lowest BCUT2D eigenvalue weighted by atomic mass is 9.91. The molecular formula is C21H35Cl2N3O8P2. The van der Waals surface area contributed by atoms with Crippen LogP contribution in [0.1, 0.15) is 31.2 Å². The predicted octanol–water partition coefficient (Wildman–Crippen LogP) is 1.86. The van der Waals surface area contributed by atoms with Crippen LogP contribution in [0.15, 0.2) is 24.3 Å². The molecule has 36 heavy (non-hydrogen) atoms. The van der Waals surface area contributed by atoms with Gasteiger partial charge in [0.15, 0.2) is 0 Å². The maximum absolute atomic E-state index is 12.9.